The molecule has 1 fully saturated rings. The Hall–Kier alpha value is -0.860. The summed E-state index contributed by atoms with van der Waals surface area (Å²) in [4.78, 5) is 0. The van der Waals surface area contributed by atoms with Crippen LogP contribution in [0.4, 0.5) is 0 Å². The molecule has 0 aromatic heterocycles. The molecule has 0 radical (unpaired) electrons. The largest absolute Gasteiger partial charge is 0.271 e. The molecule has 1 aromatic rings. The predicted molar refractivity (Wildman–Crippen MR) is 77.4 cm³/mol. The van der Waals surface area contributed by atoms with Crippen molar-refractivity contribution in [1.82, 2.24) is 5.43 Å². The zero-order valence-corrected chi connectivity index (χ0v) is 11.9. The van der Waals surface area contributed by atoms with E-state index >= 15 is 0 Å². The Morgan fingerprint density at radius 2 is 1.83 bits per heavy atom. The number of nitrogens with two attached hydrogens (primary N) is 1. The first-order chi connectivity index (χ1) is 8.60. The molecule has 0 saturated heterocycles. The van der Waals surface area contributed by atoms with E-state index in [9.17, 15) is 0 Å². The van der Waals surface area contributed by atoms with Crippen molar-refractivity contribution in [3.8, 4) is 0 Å². The lowest BCUT2D eigenvalue weighted by Gasteiger charge is -2.30. The van der Waals surface area contributed by atoms with Gasteiger partial charge in [-0.05, 0) is 56.2 Å². The van der Waals surface area contributed by atoms with Crippen molar-refractivity contribution in [2.24, 2.45) is 11.8 Å². The minimum absolute atomic E-state index is 0.426. The zero-order chi connectivity index (χ0) is 13.1. The van der Waals surface area contributed by atoms with Crippen LogP contribution in [0.5, 0.6) is 0 Å². The number of benzene rings is 1. The molecule has 18 heavy (non-hydrogen) atoms. The second kappa shape index (κ2) is 5.85. The molecule has 2 nitrogen and oxygen atoms in total. The fourth-order valence-corrected chi connectivity index (χ4v) is 3.12. The lowest BCUT2D eigenvalue weighted by atomic mass is 9.79. The summed E-state index contributed by atoms with van der Waals surface area (Å²) in [6.45, 7) is 6.59. The highest BCUT2D eigenvalue weighted by Crippen LogP contribution is 2.31. The smallest absolute Gasteiger partial charge is 0.0253 e. The Morgan fingerprint density at radius 3 is 2.28 bits per heavy atom. The van der Waals surface area contributed by atoms with Crippen LogP contribution < -0.4 is 11.3 Å². The van der Waals surface area contributed by atoms with E-state index in [1.165, 1.54) is 47.9 Å². The molecule has 0 amide bonds. The third kappa shape index (κ3) is 3.12. The number of rotatable bonds is 5. The van der Waals surface area contributed by atoms with E-state index in [0.717, 1.165) is 12.3 Å². The van der Waals surface area contributed by atoms with Gasteiger partial charge in [-0.25, -0.2) is 0 Å². The van der Waals surface area contributed by atoms with Crippen molar-refractivity contribution >= 4 is 0 Å². The van der Waals surface area contributed by atoms with E-state index in [0.29, 0.717) is 6.04 Å². The molecular weight excluding hydrogens is 220 g/mol. The summed E-state index contributed by atoms with van der Waals surface area (Å²) in [5.74, 6) is 6.63. The van der Waals surface area contributed by atoms with E-state index < -0.39 is 0 Å². The molecule has 0 bridgehead atoms. The normalized spacial score (nSPS) is 17.6. The third-order valence-electron chi connectivity index (χ3n) is 4.37. The highest BCUT2D eigenvalue weighted by Gasteiger charge is 2.22. The summed E-state index contributed by atoms with van der Waals surface area (Å²) >= 11 is 0. The van der Waals surface area contributed by atoms with Gasteiger partial charge in [0.1, 0.15) is 0 Å². The molecule has 0 spiro atoms. The Kier molecular flexibility index (Phi) is 4.41. The molecule has 0 aliphatic heterocycles. The summed E-state index contributed by atoms with van der Waals surface area (Å²) < 4.78 is 0. The van der Waals surface area contributed by atoms with Crippen molar-refractivity contribution < 1.29 is 0 Å². The molecule has 100 valence electrons. The van der Waals surface area contributed by atoms with Crippen LogP contribution in [0.1, 0.15) is 47.9 Å². The van der Waals surface area contributed by atoms with Gasteiger partial charge in [-0.15, -0.1) is 0 Å². The second-order valence-electron chi connectivity index (χ2n) is 5.98. The maximum Gasteiger partial charge on any atom is 0.0253 e. The standard InChI is InChI=1S/C16H26N2/c1-11-7-12(2)16(13(3)8-11)10-15(18-17)9-14-5-4-6-14/h7-8,14-15,18H,4-6,9-10,17H2,1-3H3. The maximum absolute atomic E-state index is 5.73. The van der Waals surface area contributed by atoms with Gasteiger partial charge in [0.15, 0.2) is 0 Å². The fraction of sp³-hybridized carbons (Fsp3) is 0.625. The van der Waals surface area contributed by atoms with Crippen molar-refractivity contribution in [3.05, 3.63) is 34.4 Å². The average molecular weight is 246 g/mol. The van der Waals surface area contributed by atoms with Gasteiger partial charge < -0.3 is 0 Å². The zero-order valence-electron chi connectivity index (χ0n) is 11.9. The predicted octanol–water partition coefficient (Wildman–Crippen LogP) is 3.18. The van der Waals surface area contributed by atoms with Crippen molar-refractivity contribution in [1.29, 1.82) is 0 Å². The number of hydrogen-bond acceptors (Lipinski definition) is 2. The molecule has 3 N–H and O–H groups in total. The second-order valence-corrected chi connectivity index (χ2v) is 5.98. The quantitative estimate of drug-likeness (QED) is 0.618. The summed E-state index contributed by atoms with van der Waals surface area (Å²) in [6, 6.07) is 4.98. The SMILES string of the molecule is Cc1cc(C)c(CC(CC2CCC2)NN)c(C)c1. The van der Waals surface area contributed by atoms with Crippen molar-refractivity contribution in [3.63, 3.8) is 0 Å². The van der Waals surface area contributed by atoms with Crippen LogP contribution in [0, 0.1) is 26.7 Å². The van der Waals surface area contributed by atoms with Gasteiger partial charge in [0.25, 0.3) is 0 Å². The highest BCUT2D eigenvalue weighted by atomic mass is 15.2. The third-order valence-corrected chi connectivity index (χ3v) is 4.37. The number of aryl methyl sites for hydroxylation is 3. The summed E-state index contributed by atoms with van der Waals surface area (Å²) in [5, 5.41) is 0. The molecule has 0 heterocycles. The molecule has 1 aliphatic rings. The van der Waals surface area contributed by atoms with Gasteiger partial charge >= 0.3 is 0 Å². The van der Waals surface area contributed by atoms with E-state index in [4.69, 9.17) is 5.84 Å². The summed E-state index contributed by atoms with van der Waals surface area (Å²) in [5.41, 5.74) is 8.65. The molecular formula is C16H26N2. The van der Waals surface area contributed by atoms with Gasteiger partial charge in [-0.2, -0.15) is 0 Å². The van der Waals surface area contributed by atoms with Crippen LogP contribution >= 0.6 is 0 Å². The molecule has 1 aromatic carbocycles. The molecule has 1 saturated carbocycles. The van der Waals surface area contributed by atoms with Crippen LogP contribution in [-0.4, -0.2) is 6.04 Å². The van der Waals surface area contributed by atoms with E-state index in [2.05, 4.69) is 38.3 Å². The van der Waals surface area contributed by atoms with Crippen LogP contribution in [-0.2, 0) is 6.42 Å². The Morgan fingerprint density at radius 1 is 1.22 bits per heavy atom. The lowest BCUT2D eigenvalue weighted by Crippen LogP contribution is -2.39. The average Bonchev–Trinajstić information content (AvgIpc) is 2.24. The molecule has 1 atom stereocenters. The van der Waals surface area contributed by atoms with E-state index in [1.54, 1.807) is 0 Å². The van der Waals surface area contributed by atoms with Gasteiger partial charge in [0, 0.05) is 6.04 Å². The summed E-state index contributed by atoms with van der Waals surface area (Å²) in [7, 11) is 0. The van der Waals surface area contributed by atoms with Gasteiger partial charge in [0.05, 0.1) is 0 Å². The van der Waals surface area contributed by atoms with Gasteiger partial charge in [-0.1, -0.05) is 37.0 Å². The van der Waals surface area contributed by atoms with Crippen LogP contribution in [0.25, 0.3) is 0 Å². The van der Waals surface area contributed by atoms with Crippen molar-refractivity contribution in [2.45, 2.75) is 58.9 Å². The topological polar surface area (TPSA) is 38.0 Å². The van der Waals surface area contributed by atoms with E-state index in [1.807, 2.05) is 0 Å². The van der Waals surface area contributed by atoms with Crippen molar-refractivity contribution in [2.75, 3.05) is 0 Å². The molecule has 2 rings (SSSR count). The van der Waals surface area contributed by atoms with Crippen LogP contribution in [0.2, 0.25) is 0 Å². The maximum atomic E-state index is 5.73. The van der Waals surface area contributed by atoms with Crippen LogP contribution in [0.15, 0.2) is 12.1 Å². The molecule has 1 unspecified atom stereocenters. The molecule has 1 aliphatic carbocycles. The highest BCUT2D eigenvalue weighted by molar-refractivity contribution is 5.38. The van der Waals surface area contributed by atoms with Gasteiger partial charge in [0.2, 0.25) is 0 Å². The Balaban J connectivity index is 2.06. The monoisotopic (exact) mass is 246 g/mol. The minimum Gasteiger partial charge on any atom is -0.271 e. The first kappa shape index (κ1) is 13.6. The Labute approximate surface area is 111 Å². The first-order valence-electron chi connectivity index (χ1n) is 7.13. The number of hydrazine groups is 1. The molecule has 2 heteroatoms. The Bertz CT molecular complexity index is 385. The van der Waals surface area contributed by atoms with E-state index in [-0.39, 0.29) is 0 Å². The minimum atomic E-state index is 0.426. The number of nitrogens with one attached hydrogen (secondary N) is 1. The van der Waals surface area contributed by atoms with Gasteiger partial charge in [-0.3, -0.25) is 11.3 Å². The summed E-state index contributed by atoms with van der Waals surface area (Å²) in [6.07, 6.45) is 6.48. The first-order valence-corrected chi connectivity index (χ1v) is 7.13. The fourth-order valence-electron chi connectivity index (χ4n) is 3.12. The lowest BCUT2D eigenvalue weighted by molar-refractivity contribution is 0.259. The van der Waals surface area contributed by atoms with Crippen LogP contribution in [0.3, 0.4) is 0 Å². The number of hydrogen-bond donors (Lipinski definition) is 2.